The largest absolute Gasteiger partial charge is 0.493 e. The molecule has 0 saturated carbocycles. The highest BCUT2D eigenvalue weighted by Gasteiger charge is 2.22. The summed E-state index contributed by atoms with van der Waals surface area (Å²) in [6.07, 6.45) is 1.70. The summed E-state index contributed by atoms with van der Waals surface area (Å²) in [5.74, 6) is 2.47. The van der Waals surface area contributed by atoms with Gasteiger partial charge in [-0.2, -0.15) is 4.98 Å². The van der Waals surface area contributed by atoms with Gasteiger partial charge in [0.2, 0.25) is 0 Å². The third kappa shape index (κ3) is 5.61. The Balaban J connectivity index is 1.22. The van der Waals surface area contributed by atoms with Crippen LogP contribution in [0.3, 0.4) is 0 Å². The number of ether oxygens (including phenoxy) is 3. The summed E-state index contributed by atoms with van der Waals surface area (Å²) in [6, 6.07) is 17.6. The zero-order valence-electron chi connectivity index (χ0n) is 23.5. The average Bonchev–Trinajstić information content (AvgIpc) is 3.39. The number of piperazine rings is 1. The van der Waals surface area contributed by atoms with Crippen LogP contribution in [0.5, 0.6) is 23.0 Å². The monoisotopic (exact) mass is 573 g/mol. The molecule has 6 rings (SSSR count). The molecule has 9 nitrogen and oxygen atoms in total. The molecule has 1 fully saturated rings. The van der Waals surface area contributed by atoms with Gasteiger partial charge in [-0.3, -0.25) is 9.88 Å². The standard InChI is InChI=1S/C31H32ClN5O4/c1-19(37-13-11-36(2)12-14-37)22-15-20(5-7-24(22)32)34-31-35-26-16-21(6-8-28(26)41-31)40-27-9-10-33-25-18-30(39-4)29(38-3)17-23(25)27/h5-10,15-19H,11-14H2,1-4H3,(H,34,35). The normalized spacial score (nSPS) is 15.2. The maximum atomic E-state index is 6.62. The van der Waals surface area contributed by atoms with Crippen LogP contribution in [0.4, 0.5) is 11.7 Å². The van der Waals surface area contributed by atoms with Crippen LogP contribution in [0.1, 0.15) is 18.5 Å². The van der Waals surface area contributed by atoms with Crippen molar-refractivity contribution in [2.45, 2.75) is 13.0 Å². The zero-order chi connectivity index (χ0) is 28.5. The van der Waals surface area contributed by atoms with E-state index >= 15 is 0 Å². The number of aromatic nitrogens is 2. The fraction of sp³-hybridized carbons (Fsp3) is 0.290. The Morgan fingerprint density at radius 3 is 2.46 bits per heavy atom. The maximum absolute atomic E-state index is 6.62. The summed E-state index contributed by atoms with van der Waals surface area (Å²) >= 11 is 6.62. The van der Waals surface area contributed by atoms with Gasteiger partial charge < -0.3 is 28.8 Å². The van der Waals surface area contributed by atoms with E-state index in [4.69, 9.17) is 30.2 Å². The summed E-state index contributed by atoms with van der Waals surface area (Å²) < 4.78 is 23.1. The summed E-state index contributed by atoms with van der Waals surface area (Å²) in [4.78, 5) is 13.9. The van der Waals surface area contributed by atoms with Gasteiger partial charge in [-0.25, -0.2) is 0 Å². The predicted molar refractivity (Wildman–Crippen MR) is 161 cm³/mol. The van der Waals surface area contributed by atoms with E-state index < -0.39 is 0 Å². The number of rotatable bonds is 8. The van der Waals surface area contributed by atoms with Crippen molar-refractivity contribution in [2.24, 2.45) is 0 Å². The Kier molecular flexibility index (Phi) is 7.57. The number of methoxy groups -OCH3 is 2. The molecule has 3 aromatic carbocycles. The quantitative estimate of drug-likeness (QED) is 0.213. The molecule has 5 aromatic rings. The first-order chi connectivity index (χ1) is 19.9. The Morgan fingerprint density at radius 2 is 1.68 bits per heavy atom. The Hall–Kier alpha value is -4.05. The average molecular weight is 574 g/mol. The van der Waals surface area contributed by atoms with Crippen molar-refractivity contribution in [2.75, 3.05) is 52.8 Å². The van der Waals surface area contributed by atoms with Crippen molar-refractivity contribution in [1.29, 1.82) is 0 Å². The number of benzene rings is 3. The zero-order valence-corrected chi connectivity index (χ0v) is 24.2. The first-order valence-corrected chi connectivity index (χ1v) is 13.9. The van der Waals surface area contributed by atoms with Gasteiger partial charge in [0.25, 0.3) is 6.01 Å². The van der Waals surface area contributed by atoms with Crippen LogP contribution in [0.15, 0.2) is 65.2 Å². The summed E-state index contributed by atoms with van der Waals surface area (Å²) in [5, 5.41) is 4.86. The lowest BCUT2D eigenvalue weighted by atomic mass is 10.0. The second kappa shape index (κ2) is 11.4. The second-order valence-corrected chi connectivity index (χ2v) is 10.6. The smallest absolute Gasteiger partial charge is 0.300 e. The topological polar surface area (TPSA) is 85.1 Å². The van der Waals surface area contributed by atoms with Crippen molar-refractivity contribution in [3.05, 3.63) is 71.4 Å². The van der Waals surface area contributed by atoms with Gasteiger partial charge in [-0.1, -0.05) is 11.6 Å². The predicted octanol–water partition coefficient (Wildman–Crippen LogP) is 6.89. The van der Waals surface area contributed by atoms with Crippen LogP contribution in [0, 0.1) is 0 Å². The first kappa shape index (κ1) is 27.1. The molecule has 1 unspecified atom stereocenters. The molecular weight excluding hydrogens is 542 g/mol. The number of oxazole rings is 1. The Bertz CT molecular complexity index is 1700. The van der Waals surface area contributed by atoms with Crippen molar-refractivity contribution < 1.29 is 18.6 Å². The summed E-state index contributed by atoms with van der Waals surface area (Å²) in [7, 11) is 5.36. The van der Waals surface area contributed by atoms with E-state index in [2.05, 4.69) is 45.1 Å². The van der Waals surface area contributed by atoms with Crippen LogP contribution in [0.2, 0.25) is 5.02 Å². The number of hydrogen-bond acceptors (Lipinski definition) is 9. The third-order valence-electron chi connectivity index (χ3n) is 7.58. The van der Waals surface area contributed by atoms with Crippen molar-refractivity contribution in [3.8, 4) is 23.0 Å². The van der Waals surface area contributed by atoms with E-state index in [0.717, 1.165) is 53.4 Å². The molecule has 1 aliphatic heterocycles. The molecular formula is C31H32ClN5O4. The number of pyridine rings is 1. The minimum atomic E-state index is 0.201. The number of halogens is 1. The highest BCUT2D eigenvalue weighted by molar-refractivity contribution is 6.31. The first-order valence-electron chi connectivity index (χ1n) is 13.5. The van der Waals surface area contributed by atoms with Gasteiger partial charge in [-0.15, -0.1) is 0 Å². The molecule has 1 aliphatic rings. The van der Waals surface area contributed by atoms with Gasteiger partial charge >= 0.3 is 0 Å². The van der Waals surface area contributed by atoms with Crippen LogP contribution >= 0.6 is 11.6 Å². The fourth-order valence-corrected chi connectivity index (χ4v) is 5.43. The molecule has 0 radical (unpaired) electrons. The Morgan fingerprint density at radius 1 is 0.902 bits per heavy atom. The number of likely N-dealkylation sites (N-methyl/N-ethyl adjacent to an activating group) is 1. The van der Waals surface area contributed by atoms with Crippen molar-refractivity contribution >= 4 is 45.3 Å². The number of nitrogens with one attached hydrogen (secondary N) is 1. The van der Waals surface area contributed by atoms with Gasteiger partial charge in [0.1, 0.15) is 17.0 Å². The van der Waals surface area contributed by atoms with E-state index in [0.29, 0.717) is 40.1 Å². The molecule has 3 heterocycles. The van der Waals surface area contributed by atoms with Crippen LogP contribution < -0.4 is 19.5 Å². The maximum Gasteiger partial charge on any atom is 0.300 e. The van der Waals surface area contributed by atoms with E-state index in [1.807, 2.05) is 48.5 Å². The van der Waals surface area contributed by atoms with E-state index in [9.17, 15) is 0 Å². The number of nitrogens with zero attached hydrogens (tertiary/aromatic N) is 4. The van der Waals surface area contributed by atoms with Crippen LogP contribution in [-0.4, -0.2) is 67.2 Å². The lowest BCUT2D eigenvalue weighted by Crippen LogP contribution is -2.45. The minimum absolute atomic E-state index is 0.201. The number of anilines is 2. The van der Waals surface area contributed by atoms with Gasteiger partial charge in [0, 0.05) is 66.6 Å². The molecule has 1 atom stereocenters. The fourth-order valence-electron chi connectivity index (χ4n) is 5.16. The molecule has 1 N–H and O–H groups in total. The van der Waals surface area contributed by atoms with E-state index in [1.165, 1.54) is 0 Å². The Labute approximate surface area is 243 Å². The van der Waals surface area contributed by atoms with Gasteiger partial charge in [0.05, 0.1) is 19.7 Å². The van der Waals surface area contributed by atoms with Crippen molar-refractivity contribution in [3.63, 3.8) is 0 Å². The van der Waals surface area contributed by atoms with E-state index in [-0.39, 0.29) is 6.04 Å². The number of hydrogen-bond donors (Lipinski definition) is 1. The van der Waals surface area contributed by atoms with E-state index in [1.54, 1.807) is 20.4 Å². The molecule has 1 saturated heterocycles. The molecule has 10 heteroatoms. The van der Waals surface area contributed by atoms with Gasteiger partial charge in [0.15, 0.2) is 17.1 Å². The molecule has 212 valence electrons. The molecule has 41 heavy (non-hydrogen) atoms. The molecule has 0 amide bonds. The van der Waals surface area contributed by atoms with Crippen LogP contribution in [0.25, 0.3) is 22.0 Å². The lowest BCUT2D eigenvalue weighted by molar-refractivity contribution is 0.119. The highest BCUT2D eigenvalue weighted by atomic mass is 35.5. The highest BCUT2D eigenvalue weighted by Crippen LogP contribution is 2.38. The molecule has 2 aromatic heterocycles. The minimum Gasteiger partial charge on any atom is -0.493 e. The van der Waals surface area contributed by atoms with Crippen LogP contribution in [-0.2, 0) is 0 Å². The molecule has 0 aliphatic carbocycles. The number of fused-ring (bicyclic) bond motifs is 2. The molecule has 0 spiro atoms. The third-order valence-corrected chi connectivity index (χ3v) is 7.92. The second-order valence-electron chi connectivity index (χ2n) is 10.2. The van der Waals surface area contributed by atoms with Gasteiger partial charge in [-0.05, 0) is 62.0 Å². The van der Waals surface area contributed by atoms with Crippen molar-refractivity contribution in [1.82, 2.24) is 19.8 Å². The summed E-state index contributed by atoms with van der Waals surface area (Å²) in [5.41, 5.74) is 3.99. The SMILES string of the molecule is COc1cc2nccc(Oc3ccc4oc(Nc5ccc(Cl)c(C(C)N6CCN(C)CC6)c5)nc4c3)c2cc1OC. The lowest BCUT2D eigenvalue weighted by Gasteiger charge is -2.37. The summed E-state index contributed by atoms with van der Waals surface area (Å²) in [6.45, 7) is 6.33. The molecule has 0 bridgehead atoms.